The molecule has 0 atom stereocenters. The van der Waals surface area contributed by atoms with Crippen LogP contribution in [0.5, 0.6) is 11.5 Å². The maximum atomic E-state index is 9.61. The van der Waals surface area contributed by atoms with E-state index in [1.165, 1.54) is 16.3 Å². The van der Waals surface area contributed by atoms with Gasteiger partial charge >= 0.3 is 0 Å². The molecule has 0 aliphatic rings. The van der Waals surface area contributed by atoms with Crippen molar-refractivity contribution in [1.82, 2.24) is 0 Å². The highest BCUT2D eigenvalue weighted by Gasteiger charge is 2.05. The number of rotatable bonds is 3. The Hall–Kier alpha value is -3.00. The molecule has 0 amide bonds. The molecule has 0 radical (unpaired) electrons. The Labute approximate surface area is 134 Å². The highest BCUT2D eigenvalue weighted by molar-refractivity contribution is 5.89. The van der Waals surface area contributed by atoms with Crippen LogP contribution in [0.2, 0.25) is 0 Å². The van der Waals surface area contributed by atoms with Gasteiger partial charge in [0, 0.05) is 5.39 Å². The fraction of sp³-hybridized carbons (Fsp3) is 0.0476. The summed E-state index contributed by atoms with van der Waals surface area (Å²) in [5.74, 6) is 1.10. The minimum absolute atomic E-state index is 0.267. The third kappa shape index (κ3) is 2.59. The molecule has 23 heavy (non-hydrogen) atoms. The second-order valence-electron chi connectivity index (χ2n) is 5.59. The summed E-state index contributed by atoms with van der Waals surface area (Å²) in [6.45, 7) is 0.515. The van der Waals surface area contributed by atoms with Crippen LogP contribution in [-0.4, -0.2) is 5.11 Å². The van der Waals surface area contributed by atoms with Gasteiger partial charge in [0.15, 0.2) is 0 Å². The molecule has 0 aromatic heterocycles. The Morgan fingerprint density at radius 3 is 2.43 bits per heavy atom. The van der Waals surface area contributed by atoms with E-state index in [1.54, 1.807) is 12.1 Å². The Morgan fingerprint density at radius 1 is 0.696 bits per heavy atom. The third-order valence-electron chi connectivity index (χ3n) is 4.09. The van der Waals surface area contributed by atoms with E-state index in [-0.39, 0.29) is 5.75 Å². The lowest BCUT2D eigenvalue weighted by Crippen LogP contribution is -1.97. The fourth-order valence-corrected chi connectivity index (χ4v) is 2.94. The highest BCUT2D eigenvalue weighted by atomic mass is 16.5. The van der Waals surface area contributed by atoms with E-state index in [9.17, 15) is 5.11 Å². The summed E-state index contributed by atoms with van der Waals surface area (Å²) < 4.78 is 6.07. The second-order valence-corrected chi connectivity index (χ2v) is 5.59. The van der Waals surface area contributed by atoms with E-state index >= 15 is 0 Å². The average Bonchev–Trinajstić information content (AvgIpc) is 2.59. The Balaban J connectivity index is 1.69. The Bertz CT molecular complexity index is 984. The van der Waals surface area contributed by atoms with Crippen molar-refractivity contribution in [1.29, 1.82) is 0 Å². The fourth-order valence-electron chi connectivity index (χ4n) is 2.94. The van der Waals surface area contributed by atoms with Crippen LogP contribution in [0.4, 0.5) is 0 Å². The normalized spacial score (nSPS) is 11.0. The zero-order chi connectivity index (χ0) is 15.6. The van der Waals surface area contributed by atoms with Gasteiger partial charge < -0.3 is 9.84 Å². The molecule has 4 rings (SSSR count). The Morgan fingerprint density at radius 2 is 1.48 bits per heavy atom. The molecule has 112 valence electrons. The zero-order valence-corrected chi connectivity index (χ0v) is 12.6. The van der Waals surface area contributed by atoms with Gasteiger partial charge in [-0.1, -0.05) is 54.6 Å². The van der Waals surface area contributed by atoms with E-state index in [2.05, 4.69) is 30.3 Å². The molecule has 4 aromatic carbocycles. The van der Waals surface area contributed by atoms with Crippen molar-refractivity contribution in [2.45, 2.75) is 6.61 Å². The molecule has 2 heteroatoms. The lowest BCUT2D eigenvalue weighted by atomic mass is 10.1. The first-order chi connectivity index (χ1) is 11.3. The molecule has 0 bridgehead atoms. The maximum absolute atomic E-state index is 9.61. The van der Waals surface area contributed by atoms with Crippen LogP contribution in [0.1, 0.15) is 5.56 Å². The minimum atomic E-state index is 0.267. The van der Waals surface area contributed by atoms with Crippen LogP contribution in [-0.2, 0) is 6.61 Å². The van der Waals surface area contributed by atoms with Gasteiger partial charge in [0.2, 0.25) is 0 Å². The largest absolute Gasteiger partial charge is 0.508 e. The molecule has 0 aliphatic heterocycles. The van der Waals surface area contributed by atoms with Gasteiger partial charge in [-0.2, -0.15) is 0 Å². The molecule has 0 heterocycles. The van der Waals surface area contributed by atoms with E-state index < -0.39 is 0 Å². The number of aromatic hydroxyl groups is 1. The van der Waals surface area contributed by atoms with Gasteiger partial charge in [0.25, 0.3) is 0 Å². The molecule has 0 aliphatic carbocycles. The number of hydrogen-bond acceptors (Lipinski definition) is 2. The topological polar surface area (TPSA) is 29.5 Å². The average molecular weight is 300 g/mol. The molecule has 1 N–H and O–H groups in total. The van der Waals surface area contributed by atoms with Crippen LogP contribution in [0.25, 0.3) is 21.5 Å². The van der Waals surface area contributed by atoms with Crippen molar-refractivity contribution in [3.63, 3.8) is 0 Å². The van der Waals surface area contributed by atoms with E-state index in [4.69, 9.17) is 4.74 Å². The summed E-state index contributed by atoms with van der Waals surface area (Å²) in [6, 6.07) is 25.8. The SMILES string of the molecule is Oc1ccc2c(OCc3cccc4ccccc34)cccc2c1. The Kier molecular flexibility index (Phi) is 3.35. The number of ether oxygens (including phenoxy) is 1. The van der Waals surface area contributed by atoms with E-state index in [0.29, 0.717) is 6.61 Å². The molecule has 4 aromatic rings. The van der Waals surface area contributed by atoms with Crippen LogP contribution < -0.4 is 4.74 Å². The first kappa shape index (κ1) is 13.6. The lowest BCUT2D eigenvalue weighted by Gasteiger charge is -2.11. The van der Waals surface area contributed by atoms with Crippen LogP contribution in [0.3, 0.4) is 0 Å². The van der Waals surface area contributed by atoms with Gasteiger partial charge in [-0.3, -0.25) is 0 Å². The molecule has 0 fully saturated rings. The molecule has 0 unspecified atom stereocenters. The van der Waals surface area contributed by atoms with E-state index in [1.807, 2.05) is 36.4 Å². The third-order valence-corrected chi connectivity index (χ3v) is 4.09. The van der Waals surface area contributed by atoms with Crippen LogP contribution in [0.15, 0.2) is 78.9 Å². The number of hydrogen-bond donors (Lipinski definition) is 1. The van der Waals surface area contributed by atoms with Crippen molar-refractivity contribution in [2.24, 2.45) is 0 Å². The van der Waals surface area contributed by atoms with Gasteiger partial charge in [-0.15, -0.1) is 0 Å². The van der Waals surface area contributed by atoms with E-state index in [0.717, 1.165) is 16.5 Å². The maximum Gasteiger partial charge on any atom is 0.127 e. The molecular weight excluding hydrogens is 284 g/mol. The van der Waals surface area contributed by atoms with Crippen molar-refractivity contribution in [3.8, 4) is 11.5 Å². The zero-order valence-electron chi connectivity index (χ0n) is 12.6. The summed E-state index contributed by atoms with van der Waals surface area (Å²) in [5.41, 5.74) is 1.17. The standard InChI is InChI=1S/C21H16O2/c22-18-11-12-20-16(13-18)7-4-10-21(20)23-14-17-8-3-6-15-5-1-2-9-19(15)17/h1-13,22H,14H2. The molecular formula is C21H16O2. The predicted molar refractivity (Wildman–Crippen MR) is 93.9 cm³/mol. The summed E-state index contributed by atoms with van der Waals surface area (Å²) in [6.07, 6.45) is 0. The summed E-state index contributed by atoms with van der Waals surface area (Å²) in [5, 5.41) is 14.0. The van der Waals surface area contributed by atoms with Gasteiger partial charge in [0.05, 0.1) is 0 Å². The molecule has 0 saturated heterocycles. The summed E-state index contributed by atoms with van der Waals surface area (Å²) in [7, 11) is 0. The van der Waals surface area contributed by atoms with Gasteiger partial charge in [0.1, 0.15) is 18.1 Å². The van der Waals surface area contributed by atoms with Crippen molar-refractivity contribution in [2.75, 3.05) is 0 Å². The summed E-state index contributed by atoms with van der Waals surface area (Å²) >= 11 is 0. The quantitative estimate of drug-likeness (QED) is 0.558. The highest BCUT2D eigenvalue weighted by Crippen LogP contribution is 2.29. The number of phenols is 1. The predicted octanol–water partition coefficient (Wildman–Crippen LogP) is 5.28. The first-order valence-corrected chi connectivity index (χ1v) is 7.62. The number of fused-ring (bicyclic) bond motifs is 2. The monoisotopic (exact) mass is 300 g/mol. The number of phenolic OH excluding ortho intramolecular Hbond substituents is 1. The minimum Gasteiger partial charge on any atom is -0.508 e. The lowest BCUT2D eigenvalue weighted by molar-refractivity contribution is 0.311. The first-order valence-electron chi connectivity index (χ1n) is 7.62. The van der Waals surface area contributed by atoms with Crippen molar-refractivity contribution >= 4 is 21.5 Å². The number of benzene rings is 4. The molecule has 0 saturated carbocycles. The van der Waals surface area contributed by atoms with Gasteiger partial charge in [-0.25, -0.2) is 0 Å². The molecule has 0 spiro atoms. The van der Waals surface area contributed by atoms with Crippen molar-refractivity contribution in [3.05, 3.63) is 84.4 Å². The summed E-state index contributed by atoms with van der Waals surface area (Å²) in [4.78, 5) is 0. The van der Waals surface area contributed by atoms with Crippen molar-refractivity contribution < 1.29 is 9.84 Å². The van der Waals surface area contributed by atoms with Crippen LogP contribution in [0, 0.1) is 0 Å². The molecule has 2 nitrogen and oxygen atoms in total. The smallest absolute Gasteiger partial charge is 0.127 e. The van der Waals surface area contributed by atoms with Crippen LogP contribution >= 0.6 is 0 Å². The van der Waals surface area contributed by atoms with Gasteiger partial charge in [-0.05, 0) is 46.0 Å². The second kappa shape index (κ2) is 5.65.